The molecule has 17 heteroatoms. The fraction of sp³-hybridized carbons (Fsp3) is 0.367. The van der Waals surface area contributed by atoms with Crippen LogP contribution in [0.15, 0.2) is 35.3 Å². The highest BCUT2D eigenvalue weighted by Crippen LogP contribution is 2.68. The molecule has 1 fully saturated rings. The Morgan fingerprint density at radius 2 is 1.89 bits per heavy atom. The number of amides is 1. The standard InChI is InChI=1S/C30H25F7N8O2/c1-12-17(2-3-22-41-42-28(47)45(12)22)18-8-16(38)10-39-25(18)21(6-13-4-14(31)7-15(32)5-13)40-23(46)11-44-27-24(26(43-44)30(35,36)37)19-9-20(19)29(27,33)34/h4-5,7-8,10,19-21H,2-3,6,9,11,38H2,1H3,(H,40,46)(H,42,47). The topological polar surface area (TPSA) is 137 Å². The number of carbonyl (C=O) groups excluding carboxylic acids is 1. The number of hydrogen-bond donors (Lipinski definition) is 3. The molecule has 0 radical (unpaired) electrons. The second-order valence-electron chi connectivity index (χ2n) is 12.0. The summed E-state index contributed by atoms with van der Waals surface area (Å²) in [6, 6.07) is 3.07. The number of halogens is 7. The first-order chi connectivity index (χ1) is 22.1. The molecule has 3 aromatic heterocycles. The van der Waals surface area contributed by atoms with Gasteiger partial charge in [-0.15, -0.1) is 0 Å². The van der Waals surface area contributed by atoms with Gasteiger partial charge in [-0.2, -0.15) is 32.1 Å². The lowest BCUT2D eigenvalue weighted by Crippen LogP contribution is -2.35. The maximum absolute atomic E-state index is 15.1. The van der Waals surface area contributed by atoms with Gasteiger partial charge in [0.05, 0.1) is 23.6 Å². The molecule has 3 unspecified atom stereocenters. The molecular formula is C30H25F7N8O2. The van der Waals surface area contributed by atoms with E-state index in [1.807, 2.05) is 0 Å². The van der Waals surface area contributed by atoms with Gasteiger partial charge in [0, 0.05) is 35.2 Å². The average molecular weight is 663 g/mol. The number of nitrogens with two attached hydrogens (primary N) is 1. The minimum Gasteiger partial charge on any atom is -0.397 e. The summed E-state index contributed by atoms with van der Waals surface area (Å²) in [6.45, 7) is 0.667. The molecule has 3 atom stereocenters. The molecule has 0 saturated heterocycles. The van der Waals surface area contributed by atoms with Gasteiger partial charge in [-0.3, -0.25) is 19.0 Å². The van der Waals surface area contributed by atoms with E-state index in [2.05, 4.69) is 25.6 Å². The number of carbonyl (C=O) groups is 1. The number of anilines is 1. The quantitative estimate of drug-likeness (QED) is 0.246. The van der Waals surface area contributed by atoms with E-state index in [4.69, 9.17) is 5.73 Å². The third kappa shape index (κ3) is 5.17. The number of nitrogens with zero attached hydrogens (tertiary/aromatic N) is 5. The zero-order valence-electron chi connectivity index (χ0n) is 24.4. The molecule has 1 saturated carbocycles. The highest BCUT2D eigenvalue weighted by molar-refractivity contribution is 5.86. The van der Waals surface area contributed by atoms with Crippen LogP contribution < -0.4 is 16.7 Å². The Labute approximate surface area is 260 Å². The summed E-state index contributed by atoms with van der Waals surface area (Å²) >= 11 is 0. The van der Waals surface area contributed by atoms with Crippen molar-refractivity contribution in [2.75, 3.05) is 5.73 Å². The molecule has 10 nitrogen and oxygen atoms in total. The molecular weight excluding hydrogens is 637 g/mol. The van der Waals surface area contributed by atoms with Crippen molar-refractivity contribution >= 4 is 22.9 Å². The fourth-order valence-electron chi connectivity index (χ4n) is 6.89. The van der Waals surface area contributed by atoms with Gasteiger partial charge in [0.2, 0.25) is 5.91 Å². The SMILES string of the molecule is CC1=C(c2cc(N)cnc2C(Cc2cc(F)cc(F)c2)NC(=O)Cn2nc(C(F)(F)F)c3c2C(F)(F)C2CC32)CCc2n[nH]c(=O)n21. The Bertz CT molecular complexity index is 2020. The summed E-state index contributed by atoms with van der Waals surface area (Å²) in [5, 5.41) is 12.4. The Kier molecular flexibility index (Phi) is 6.88. The first-order valence-corrected chi connectivity index (χ1v) is 14.6. The Morgan fingerprint density at radius 1 is 1.17 bits per heavy atom. The van der Waals surface area contributed by atoms with Crippen LogP contribution in [0.2, 0.25) is 0 Å². The van der Waals surface area contributed by atoms with Crippen LogP contribution in [-0.4, -0.2) is 35.4 Å². The number of aromatic nitrogens is 6. The van der Waals surface area contributed by atoms with Crippen molar-refractivity contribution in [2.24, 2.45) is 5.92 Å². The number of pyridine rings is 1. The first kappa shape index (κ1) is 30.7. The molecule has 7 rings (SSSR count). The van der Waals surface area contributed by atoms with E-state index in [0.717, 1.165) is 12.1 Å². The Balaban J connectivity index is 1.29. The highest BCUT2D eigenvalue weighted by Gasteiger charge is 2.68. The van der Waals surface area contributed by atoms with Gasteiger partial charge < -0.3 is 11.1 Å². The van der Waals surface area contributed by atoms with Crippen molar-refractivity contribution in [2.45, 2.75) is 63.2 Å². The van der Waals surface area contributed by atoms with Crippen LogP contribution in [0.4, 0.5) is 36.4 Å². The van der Waals surface area contributed by atoms with E-state index in [0.29, 0.717) is 46.2 Å². The van der Waals surface area contributed by atoms with Crippen molar-refractivity contribution in [3.8, 4) is 0 Å². The number of benzene rings is 1. The van der Waals surface area contributed by atoms with Crippen LogP contribution in [0.1, 0.15) is 71.3 Å². The zero-order valence-corrected chi connectivity index (χ0v) is 24.4. The molecule has 0 bridgehead atoms. The number of hydrogen-bond acceptors (Lipinski definition) is 6. The average Bonchev–Trinajstić information content (AvgIpc) is 3.46. The second-order valence-corrected chi connectivity index (χ2v) is 12.0. The molecule has 3 aliphatic rings. The van der Waals surface area contributed by atoms with Crippen LogP contribution >= 0.6 is 0 Å². The second kappa shape index (κ2) is 10.5. The molecule has 2 aliphatic carbocycles. The van der Waals surface area contributed by atoms with E-state index in [1.165, 1.54) is 10.8 Å². The number of aryl methyl sites for hydroxylation is 1. The van der Waals surface area contributed by atoms with Crippen LogP contribution in [0, 0.1) is 17.6 Å². The molecule has 4 aromatic rings. The lowest BCUT2D eigenvalue weighted by atomic mass is 9.90. The predicted molar refractivity (Wildman–Crippen MR) is 152 cm³/mol. The molecule has 4 N–H and O–H groups in total. The van der Waals surface area contributed by atoms with Gasteiger partial charge in [0.15, 0.2) is 5.69 Å². The van der Waals surface area contributed by atoms with E-state index in [1.54, 1.807) is 13.0 Å². The largest absolute Gasteiger partial charge is 0.435 e. The predicted octanol–water partition coefficient (Wildman–Crippen LogP) is 4.69. The third-order valence-electron chi connectivity index (χ3n) is 8.90. The smallest absolute Gasteiger partial charge is 0.397 e. The van der Waals surface area contributed by atoms with Crippen LogP contribution in [0.3, 0.4) is 0 Å². The molecule has 1 amide bonds. The number of fused-ring (bicyclic) bond motifs is 4. The fourth-order valence-corrected chi connectivity index (χ4v) is 6.89. The Hall–Kier alpha value is -4.96. The van der Waals surface area contributed by atoms with Crippen molar-refractivity contribution in [1.82, 2.24) is 34.8 Å². The van der Waals surface area contributed by atoms with Crippen molar-refractivity contribution in [3.63, 3.8) is 0 Å². The molecule has 47 heavy (non-hydrogen) atoms. The number of rotatable bonds is 7. The van der Waals surface area contributed by atoms with E-state index in [9.17, 15) is 31.5 Å². The summed E-state index contributed by atoms with van der Waals surface area (Å²) < 4.78 is 102. The highest BCUT2D eigenvalue weighted by atomic mass is 19.4. The summed E-state index contributed by atoms with van der Waals surface area (Å²) in [5.41, 5.74) is 4.51. The minimum absolute atomic E-state index is 0.0889. The number of nitrogen functional groups attached to an aromatic ring is 1. The zero-order chi connectivity index (χ0) is 33.6. The molecule has 0 spiro atoms. The van der Waals surface area contributed by atoms with Gasteiger partial charge in [-0.05, 0) is 61.4 Å². The maximum Gasteiger partial charge on any atom is 0.435 e. The first-order valence-electron chi connectivity index (χ1n) is 14.6. The Morgan fingerprint density at radius 3 is 2.60 bits per heavy atom. The van der Waals surface area contributed by atoms with Crippen molar-refractivity contribution in [3.05, 3.63) is 92.2 Å². The van der Waals surface area contributed by atoms with Crippen LogP contribution in [-0.2, 0) is 36.3 Å². The molecule has 1 aromatic carbocycles. The van der Waals surface area contributed by atoms with Gasteiger partial charge in [0.25, 0.3) is 5.92 Å². The minimum atomic E-state index is -5.02. The normalized spacial score (nSPS) is 20.1. The van der Waals surface area contributed by atoms with E-state index >= 15 is 8.78 Å². The van der Waals surface area contributed by atoms with Gasteiger partial charge in [-0.25, -0.2) is 18.7 Å². The van der Waals surface area contributed by atoms with Gasteiger partial charge in [0.1, 0.15) is 29.7 Å². The maximum atomic E-state index is 15.1. The molecule has 246 valence electrons. The summed E-state index contributed by atoms with van der Waals surface area (Å²) in [7, 11) is 0. The van der Waals surface area contributed by atoms with Crippen molar-refractivity contribution < 1.29 is 35.5 Å². The van der Waals surface area contributed by atoms with Crippen LogP contribution in [0.5, 0.6) is 0 Å². The summed E-state index contributed by atoms with van der Waals surface area (Å²) in [4.78, 5) is 30.4. The summed E-state index contributed by atoms with van der Waals surface area (Å²) in [5.74, 6) is -8.24. The number of allylic oxidation sites excluding steroid dienone is 2. The van der Waals surface area contributed by atoms with Crippen molar-refractivity contribution in [1.29, 1.82) is 0 Å². The lowest BCUT2D eigenvalue weighted by molar-refractivity contribution is -0.142. The van der Waals surface area contributed by atoms with E-state index in [-0.39, 0.29) is 29.8 Å². The van der Waals surface area contributed by atoms with Gasteiger partial charge in [-0.1, -0.05) is 0 Å². The van der Waals surface area contributed by atoms with Gasteiger partial charge >= 0.3 is 11.9 Å². The number of H-pyrrole nitrogens is 1. The lowest BCUT2D eigenvalue weighted by Gasteiger charge is -2.25. The molecule has 1 aliphatic heterocycles. The van der Waals surface area contributed by atoms with E-state index < -0.39 is 76.7 Å². The summed E-state index contributed by atoms with van der Waals surface area (Å²) in [6.07, 6.45) is -3.41. The number of alkyl halides is 5. The number of nitrogens with one attached hydrogen (secondary N) is 2. The molecule has 4 heterocycles. The number of aromatic amines is 1. The van der Waals surface area contributed by atoms with Crippen LogP contribution in [0.25, 0.3) is 11.3 Å². The monoisotopic (exact) mass is 662 g/mol. The third-order valence-corrected chi connectivity index (χ3v) is 8.90.